The van der Waals surface area contributed by atoms with Crippen LogP contribution in [-0.2, 0) is 16.0 Å². The minimum Gasteiger partial charge on any atom is -0.466 e. The third kappa shape index (κ3) is 2.87. The van der Waals surface area contributed by atoms with E-state index in [9.17, 15) is 4.79 Å². The fourth-order valence-corrected chi connectivity index (χ4v) is 0.974. The molecule has 1 aromatic heterocycles. The van der Waals surface area contributed by atoms with Gasteiger partial charge in [0.2, 0.25) is 0 Å². The molecule has 4 heteroatoms. The summed E-state index contributed by atoms with van der Waals surface area (Å²) in [6.45, 7) is 2.14. The second kappa shape index (κ2) is 4.97. The van der Waals surface area contributed by atoms with Gasteiger partial charge in [-0.2, -0.15) is 5.26 Å². The standard InChI is InChI=1S/C10H10N2O2/c1-2-14-10(13)5-8-3-4-9(6-11)12-7-8/h3-4,7H,2,5H2,1H3. The maximum absolute atomic E-state index is 11.1. The minimum absolute atomic E-state index is 0.201. The molecule has 0 spiro atoms. The summed E-state index contributed by atoms with van der Waals surface area (Å²) in [5.41, 5.74) is 1.10. The second-order valence-electron chi connectivity index (χ2n) is 2.65. The van der Waals surface area contributed by atoms with E-state index in [4.69, 9.17) is 10.00 Å². The van der Waals surface area contributed by atoms with E-state index < -0.39 is 0 Å². The number of hydrogen-bond donors (Lipinski definition) is 0. The smallest absolute Gasteiger partial charge is 0.310 e. The van der Waals surface area contributed by atoms with Gasteiger partial charge in [-0.3, -0.25) is 4.79 Å². The molecule has 0 aliphatic rings. The van der Waals surface area contributed by atoms with Crippen LogP contribution in [0.4, 0.5) is 0 Å². The van der Waals surface area contributed by atoms with E-state index in [0.717, 1.165) is 5.56 Å². The average molecular weight is 190 g/mol. The van der Waals surface area contributed by atoms with Gasteiger partial charge in [-0.1, -0.05) is 6.07 Å². The number of hydrogen-bond acceptors (Lipinski definition) is 4. The highest BCUT2D eigenvalue weighted by Gasteiger charge is 2.03. The van der Waals surface area contributed by atoms with Crippen LogP contribution < -0.4 is 0 Å². The molecule has 0 unspecified atom stereocenters. The first-order valence-electron chi connectivity index (χ1n) is 4.27. The quantitative estimate of drug-likeness (QED) is 0.668. The molecule has 0 atom stereocenters. The molecular weight excluding hydrogens is 180 g/mol. The zero-order valence-corrected chi connectivity index (χ0v) is 7.86. The number of carbonyl (C=O) groups excluding carboxylic acids is 1. The maximum atomic E-state index is 11.1. The van der Waals surface area contributed by atoms with Gasteiger partial charge in [0, 0.05) is 6.20 Å². The van der Waals surface area contributed by atoms with Crippen molar-refractivity contribution in [3.05, 3.63) is 29.6 Å². The molecule has 0 aromatic carbocycles. The van der Waals surface area contributed by atoms with Crippen molar-refractivity contribution in [3.8, 4) is 6.07 Å². The van der Waals surface area contributed by atoms with E-state index >= 15 is 0 Å². The summed E-state index contributed by atoms with van der Waals surface area (Å²) >= 11 is 0. The number of esters is 1. The highest BCUT2D eigenvalue weighted by molar-refractivity contribution is 5.72. The van der Waals surface area contributed by atoms with Gasteiger partial charge in [0.1, 0.15) is 11.8 Å². The Balaban J connectivity index is 2.61. The van der Waals surface area contributed by atoms with Gasteiger partial charge in [-0.25, -0.2) is 4.98 Å². The Labute approximate surface area is 82.1 Å². The van der Waals surface area contributed by atoms with E-state index in [0.29, 0.717) is 12.3 Å². The highest BCUT2D eigenvalue weighted by Crippen LogP contribution is 2.01. The molecule has 1 rings (SSSR count). The van der Waals surface area contributed by atoms with Crippen LogP contribution >= 0.6 is 0 Å². The SMILES string of the molecule is CCOC(=O)Cc1ccc(C#N)nc1. The number of nitrogens with zero attached hydrogens (tertiary/aromatic N) is 2. The Morgan fingerprint density at radius 3 is 2.93 bits per heavy atom. The minimum atomic E-state index is -0.279. The molecule has 0 saturated heterocycles. The summed E-state index contributed by atoms with van der Waals surface area (Å²) in [6.07, 6.45) is 1.71. The van der Waals surface area contributed by atoms with Crippen LogP contribution in [0.25, 0.3) is 0 Å². The molecule has 0 N–H and O–H groups in total. The zero-order chi connectivity index (χ0) is 10.4. The normalized spacial score (nSPS) is 9.14. The Hall–Kier alpha value is -1.89. The summed E-state index contributed by atoms with van der Waals surface area (Å²) in [6, 6.07) is 5.18. The summed E-state index contributed by atoms with van der Waals surface area (Å²) in [4.78, 5) is 14.9. The van der Waals surface area contributed by atoms with Crippen molar-refractivity contribution in [2.24, 2.45) is 0 Å². The van der Waals surface area contributed by atoms with E-state index in [-0.39, 0.29) is 12.4 Å². The van der Waals surface area contributed by atoms with Gasteiger partial charge >= 0.3 is 5.97 Å². The van der Waals surface area contributed by atoms with Crippen LogP contribution in [0.1, 0.15) is 18.2 Å². The fraction of sp³-hybridized carbons (Fsp3) is 0.300. The van der Waals surface area contributed by atoms with Gasteiger partial charge < -0.3 is 4.74 Å². The number of aromatic nitrogens is 1. The molecule has 0 aliphatic heterocycles. The Morgan fingerprint density at radius 1 is 1.64 bits per heavy atom. The van der Waals surface area contributed by atoms with E-state index in [2.05, 4.69) is 4.98 Å². The number of carbonyl (C=O) groups is 1. The van der Waals surface area contributed by atoms with Crippen LogP contribution in [0, 0.1) is 11.3 Å². The first-order chi connectivity index (χ1) is 6.76. The van der Waals surface area contributed by atoms with Gasteiger partial charge in [0.05, 0.1) is 13.0 Å². The predicted octanol–water partition coefficient (Wildman–Crippen LogP) is 1.06. The summed E-state index contributed by atoms with van der Waals surface area (Å²) in [5, 5.41) is 8.49. The molecule has 72 valence electrons. The van der Waals surface area contributed by atoms with Gasteiger partial charge in [-0.15, -0.1) is 0 Å². The monoisotopic (exact) mass is 190 g/mol. The molecular formula is C10H10N2O2. The molecule has 4 nitrogen and oxygen atoms in total. The lowest BCUT2D eigenvalue weighted by molar-refractivity contribution is -0.142. The lowest BCUT2D eigenvalue weighted by Crippen LogP contribution is -2.07. The number of nitriles is 1. The summed E-state index contributed by atoms with van der Waals surface area (Å²) in [5.74, 6) is -0.279. The lowest BCUT2D eigenvalue weighted by Gasteiger charge is -2.00. The Morgan fingerprint density at radius 2 is 2.43 bits per heavy atom. The van der Waals surface area contributed by atoms with Crippen LogP contribution in [-0.4, -0.2) is 17.6 Å². The van der Waals surface area contributed by atoms with Crippen molar-refractivity contribution in [2.75, 3.05) is 6.61 Å². The summed E-state index contributed by atoms with van der Waals surface area (Å²) in [7, 11) is 0. The van der Waals surface area contributed by atoms with Crippen molar-refractivity contribution in [1.29, 1.82) is 5.26 Å². The van der Waals surface area contributed by atoms with Crippen molar-refractivity contribution >= 4 is 5.97 Å². The molecule has 1 heterocycles. The summed E-state index contributed by atoms with van der Waals surface area (Å²) < 4.78 is 4.77. The molecule has 14 heavy (non-hydrogen) atoms. The van der Waals surface area contributed by atoms with Crippen molar-refractivity contribution in [2.45, 2.75) is 13.3 Å². The molecule has 0 amide bonds. The van der Waals surface area contributed by atoms with Crippen LogP contribution in [0.3, 0.4) is 0 Å². The van der Waals surface area contributed by atoms with Crippen molar-refractivity contribution in [1.82, 2.24) is 4.98 Å². The van der Waals surface area contributed by atoms with E-state index in [1.165, 1.54) is 6.20 Å². The fourth-order valence-electron chi connectivity index (χ4n) is 0.974. The Kier molecular flexibility index (Phi) is 3.62. The highest BCUT2D eigenvalue weighted by atomic mass is 16.5. The van der Waals surface area contributed by atoms with Gasteiger partial charge in [0.15, 0.2) is 0 Å². The third-order valence-corrected chi connectivity index (χ3v) is 1.59. The first-order valence-corrected chi connectivity index (χ1v) is 4.27. The Bertz CT molecular complexity index is 351. The van der Waals surface area contributed by atoms with Crippen LogP contribution in [0.2, 0.25) is 0 Å². The second-order valence-corrected chi connectivity index (χ2v) is 2.65. The molecule has 0 fully saturated rings. The van der Waals surface area contributed by atoms with Crippen LogP contribution in [0.15, 0.2) is 18.3 Å². The van der Waals surface area contributed by atoms with Crippen LogP contribution in [0.5, 0.6) is 0 Å². The maximum Gasteiger partial charge on any atom is 0.310 e. The average Bonchev–Trinajstić information content (AvgIpc) is 2.19. The molecule has 1 aromatic rings. The molecule has 0 aliphatic carbocycles. The molecule has 0 saturated carbocycles. The number of rotatable bonds is 3. The topological polar surface area (TPSA) is 63.0 Å². The van der Waals surface area contributed by atoms with Crippen molar-refractivity contribution < 1.29 is 9.53 Å². The molecule has 0 bridgehead atoms. The third-order valence-electron chi connectivity index (χ3n) is 1.59. The van der Waals surface area contributed by atoms with E-state index in [1.54, 1.807) is 19.1 Å². The largest absolute Gasteiger partial charge is 0.466 e. The van der Waals surface area contributed by atoms with E-state index in [1.807, 2.05) is 6.07 Å². The molecule has 0 radical (unpaired) electrons. The zero-order valence-electron chi connectivity index (χ0n) is 7.86. The first kappa shape index (κ1) is 10.2. The number of pyridine rings is 1. The van der Waals surface area contributed by atoms with Gasteiger partial charge in [-0.05, 0) is 18.6 Å². The predicted molar refractivity (Wildman–Crippen MR) is 49.3 cm³/mol. The lowest BCUT2D eigenvalue weighted by atomic mass is 10.2. The van der Waals surface area contributed by atoms with Gasteiger partial charge in [0.25, 0.3) is 0 Å². The van der Waals surface area contributed by atoms with Crippen molar-refractivity contribution in [3.63, 3.8) is 0 Å². The number of ether oxygens (including phenoxy) is 1.